The highest BCUT2D eigenvalue weighted by molar-refractivity contribution is 6.05. The number of nitrogens with zero attached hydrogens (tertiary/aromatic N) is 3. The number of hydrazone groups is 1. The van der Waals surface area contributed by atoms with Crippen molar-refractivity contribution in [2.75, 3.05) is 7.11 Å². The third-order valence-corrected chi connectivity index (χ3v) is 5.25. The summed E-state index contributed by atoms with van der Waals surface area (Å²) in [6.07, 6.45) is 1.53. The molecule has 0 bridgehead atoms. The summed E-state index contributed by atoms with van der Waals surface area (Å²) in [6, 6.07) is 19.8. The predicted octanol–water partition coefficient (Wildman–Crippen LogP) is 3.78. The predicted molar refractivity (Wildman–Crippen MR) is 125 cm³/mol. The number of aryl methyl sites for hydroxylation is 2. The molecule has 0 unspecified atom stereocenters. The van der Waals surface area contributed by atoms with E-state index in [0.717, 1.165) is 22.4 Å². The number of fused-ring (bicyclic) bond motifs is 1. The van der Waals surface area contributed by atoms with Crippen LogP contribution in [0.1, 0.15) is 27.2 Å². The zero-order valence-corrected chi connectivity index (χ0v) is 18.0. The summed E-state index contributed by atoms with van der Waals surface area (Å²) in [5, 5.41) is 9.30. The van der Waals surface area contributed by atoms with Gasteiger partial charge in [0.1, 0.15) is 5.75 Å². The molecule has 0 spiro atoms. The maximum absolute atomic E-state index is 13.1. The molecule has 4 aromatic rings. The minimum absolute atomic E-state index is 0.116. The van der Waals surface area contributed by atoms with E-state index in [1.807, 2.05) is 44.2 Å². The second-order valence-electron chi connectivity index (χ2n) is 7.35. The number of hydrogen-bond donors (Lipinski definition) is 1. The highest BCUT2D eigenvalue weighted by Gasteiger charge is 2.17. The van der Waals surface area contributed by atoms with Crippen LogP contribution in [0.25, 0.3) is 16.5 Å². The van der Waals surface area contributed by atoms with Crippen LogP contribution in [0.3, 0.4) is 0 Å². The Bertz CT molecular complexity index is 1390. The minimum atomic E-state index is -0.511. The van der Waals surface area contributed by atoms with Gasteiger partial charge in [-0.2, -0.15) is 14.9 Å². The summed E-state index contributed by atoms with van der Waals surface area (Å²) in [5.41, 5.74) is 5.86. The van der Waals surface area contributed by atoms with Crippen molar-refractivity contribution in [2.24, 2.45) is 5.10 Å². The molecule has 1 aromatic heterocycles. The Morgan fingerprint density at radius 2 is 1.72 bits per heavy atom. The number of carbonyl (C=O) groups is 1. The van der Waals surface area contributed by atoms with Crippen LogP contribution in [0.2, 0.25) is 0 Å². The summed E-state index contributed by atoms with van der Waals surface area (Å²) in [4.78, 5) is 26.0. The van der Waals surface area contributed by atoms with Crippen molar-refractivity contribution in [1.29, 1.82) is 0 Å². The van der Waals surface area contributed by atoms with Crippen molar-refractivity contribution in [3.63, 3.8) is 0 Å². The van der Waals surface area contributed by atoms with Gasteiger partial charge in [-0.05, 0) is 73.0 Å². The summed E-state index contributed by atoms with van der Waals surface area (Å²) >= 11 is 0. The van der Waals surface area contributed by atoms with E-state index >= 15 is 0 Å². The van der Waals surface area contributed by atoms with Crippen molar-refractivity contribution in [1.82, 2.24) is 15.2 Å². The van der Waals surface area contributed by atoms with Crippen LogP contribution < -0.4 is 15.7 Å². The van der Waals surface area contributed by atoms with Crippen LogP contribution >= 0.6 is 0 Å². The molecule has 3 aromatic carbocycles. The second kappa shape index (κ2) is 8.85. The summed E-state index contributed by atoms with van der Waals surface area (Å²) < 4.78 is 6.39. The average molecular weight is 426 g/mol. The van der Waals surface area contributed by atoms with Gasteiger partial charge in [-0.25, -0.2) is 5.43 Å². The molecule has 0 atom stereocenters. The van der Waals surface area contributed by atoms with Gasteiger partial charge in [0.05, 0.1) is 24.4 Å². The molecule has 4 rings (SSSR count). The standard InChI is InChI=1S/C25H22N4O3/c1-16-8-11-19(14-17(16)2)29-25(31)22-7-5-4-6-21(22)23(28-29)24(30)27-26-15-18-9-12-20(32-3)13-10-18/h4-15H,1-3H3,(H,27,30). The van der Waals surface area contributed by atoms with Crippen LogP contribution in [0, 0.1) is 13.8 Å². The Balaban J connectivity index is 1.71. The number of benzene rings is 3. The number of methoxy groups -OCH3 is 1. The fourth-order valence-electron chi connectivity index (χ4n) is 3.30. The minimum Gasteiger partial charge on any atom is -0.497 e. The van der Waals surface area contributed by atoms with E-state index in [1.54, 1.807) is 43.5 Å². The Morgan fingerprint density at radius 3 is 2.41 bits per heavy atom. The molecule has 0 saturated heterocycles. The second-order valence-corrected chi connectivity index (χ2v) is 7.35. The molecule has 1 heterocycles. The zero-order valence-electron chi connectivity index (χ0n) is 18.0. The maximum Gasteiger partial charge on any atom is 0.292 e. The van der Waals surface area contributed by atoms with E-state index in [9.17, 15) is 9.59 Å². The van der Waals surface area contributed by atoms with Gasteiger partial charge in [-0.1, -0.05) is 24.3 Å². The molecule has 32 heavy (non-hydrogen) atoms. The first-order valence-electron chi connectivity index (χ1n) is 10.0. The van der Waals surface area contributed by atoms with Gasteiger partial charge < -0.3 is 4.74 Å². The fraction of sp³-hybridized carbons (Fsp3) is 0.120. The van der Waals surface area contributed by atoms with Gasteiger partial charge >= 0.3 is 0 Å². The van der Waals surface area contributed by atoms with Gasteiger partial charge in [0, 0.05) is 5.39 Å². The number of rotatable bonds is 5. The molecule has 0 radical (unpaired) electrons. The van der Waals surface area contributed by atoms with E-state index in [1.165, 1.54) is 10.9 Å². The molecule has 7 nitrogen and oxygen atoms in total. The lowest BCUT2D eigenvalue weighted by atomic mass is 10.1. The summed E-state index contributed by atoms with van der Waals surface area (Å²) in [5.74, 6) is 0.221. The topological polar surface area (TPSA) is 85.6 Å². The Morgan fingerprint density at radius 1 is 1.00 bits per heavy atom. The molecule has 0 aliphatic rings. The first kappa shape index (κ1) is 21.0. The maximum atomic E-state index is 13.1. The summed E-state index contributed by atoms with van der Waals surface area (Å²) in [7, 11) is 1.60. The normalized spacial score (nSPS) is 11.1. The van der Waals surface area contributed by atoms with Gasteiger partial charge in [-0.3, -0.25) is 9.59 Å². The quantitative estimate of drug-likeness (QED) is 0.389. The van der Waals surface area contributed by atoms with Crippen molar-refractivity contribution >= 4 is 22.9 Å². The largest absolute Gasteiger partial charge is 0.497 e. The molecular weight excluding hydrogens is 404 g/mol. The number of carbonyl (C=O) groups excluding carboxylic acids is 1. The van der Waals surface area contributed by atoms with E-state index in [0.29, 0.717) is 16.5 Å². The molecular formula is C25H22N4O3. The van der Waals surface area contributed by atoms with Crippen LogP contribution in [-0.4, -0.2) is 29.0 Å². The van der Waals surface area contributed by atoms with Gasteiger partial charge in [0.15, 0.2) is 5.69 Å². The van der Waals surface area contributed by atoms with E-state index in [4.69, 9.17) is 4.74 Å². The van der Waals surface area contributed by atoms with E-state index < -0.39 is 5.91 Å². The highest BCUT2D eigenvalue weighted by atomic mass is 16.5. The number of nitrogens with one attached hydrogen (secondary N) is 1. The number of hydrogen-bond acceptors (Lipinski definition) is 5. The highest BCUT2D eigenvalue weighted by Crippen LogP contribution is 2.17. The van der Waals surface area contributed by atoms with E-state index in [-0.39, 0.29) is 11.3 Å². The lowest BCUT2D eigenvalue weighted by Gasteiger charge is -2.11. The molecule has 1 N–H and O–H groups in total. The monoisotopic (exact) mass is 426 g/mol. The fourth-order valence-corrected chi connectivity index (χ4v) is 3.30. The van der Waals surface area contributed by atoms with Crippen LogP contribution in [0.15, 0.2) is 76.6 Å². The molecule has 0 saturated carbocycles. The van der Waals surface area contributed by atoms with E-state index in [2.05, 4.69) is 15.6 Å². The van der Waals surface area contributed by atoms with Crippen molar-refractivity contribution in [3.8, 4) is 11.4 Å². The van der Waals surface area contributed by atoms with Crippen LogP contribution in [-0.2, 0) is 0 Å². The van der Waals surface area contributed by atoms with Crippen molar-refractivity contribution in [3.05, 3.63) is 99.5 Å². The smallest absolute Gasteiger partial charge is 0.292 e. The lowest BCUT2D eigenvalue weighted by molar-refractivity contribution is 0.0950. The Labute approximate surface area is 185 Å². The number of ether oxygens (including phenoxy) is 1. The molecule has 1 amide bonds. The van der Waals surface area contributed by atoms with Crippen molar-refractivity contribution < 1.29 is 9.53 Å². The van der Waals surface area contributed by atoms with Crippen LogP contribution in [0.4, 0.5) is 0 Å². The third-order valence-electron chi connectivity index (χ3n) is 5.25. The lowest BCUT2D eigenvalue weighted by Crippen LogP contribution is -2.28. The first-order chi connectivity index (χ1) is 15.5. The Hall–Kier alpha value is -4.26. The number of amides is 1. The first-order valence-corrected chi connectivity index (χ1v) is 10.0. The van der Waals surface area contributed by atoms with Crippen LogP contribution in [0.5, 0.6) is 5.75 Å². The average Bonchev–Trinajstić information content (AvgIpc) is 2.82. The van der Waals surface area contributed by atoms with Gasteiger partial charge in [0.25, 0.3) is 11.5 Å². The van der Waals surface area contributed by atoms with Crippen molar-refractivity contribution in [2.45, 2.75) is 13.8 Å². The molecule has 0 fully saturated rings. The molecule has 160 valence electrons. The number of aromatic nitrogens is 2. The molecule has 0 aliphatic carbocycles. The third kappa shape index (κ3) is 4.13. The molecule has 7 heteroatoms. The van der Waals surface area contributed by atoms with Gasteiger partial charge in [-0.15, -0.1) is 0 Å². The zero-order chi connectivity index (χ0) is 22.7. The van der Waals surface area contributed by atoms with Gasteiger partial charge in [0.2, 0.25) is 0 Å². The summed E-state index contributed by atoms with van der Waals surface area (Å²) in [6.45, 7) is 3.96. The Kier molecular flexibility index (Phi) is 5.81. The SMILES string of the molecule is COc1ccc(C=NNC(=O)c2nn(-c3ccc(C)c(C)c3)c(=O)c3ccccc23)cc1. The molecule has 0 aliphatic heterocycles.